The molecule has 0 aromatic heterocycles. The highest BCUT2D eigenvalue weighted by molar-refractivity contribution is 5.30. The highest BCUT2D eigenvalue weighted by Crippen LogP contribution is 2.41. The Kier molecular flexibility index (Phi) is 4.79. The first-order valence-corrected chi connectivity index (χ1v) is 7.36. The third-order valence-electron chi connectivity index (χ3n) is 4.41. The molecule has 2 rings (SSSR count). The molecular formula is C16H20F4O. The molecule has 1 aliphatic carbocycles. The Morgan fingerprint density at radius 1 is 1.10 bits per heavy atom. The monoisotopic (exact) mass is 304 g/mol. The molecule has 1 saturated carbocycles. The van der Waals surface area contributed by atoms with Gasteiger partial charge in [-0.25, -0.2) is 8.78 Å². The second-order valence-electron chi connectivity index (χ2n) is 5.80. The number of hydrogen-bond donors (Lipinski definition) is 0. The van der Waals surface area contributed by atoms with E-state index in [0.29, 0.717) is 18.8 Å². The van der Waals surface area contributed by atoms with Gasteiger partial charge in [0, 0.05) is 17.7 Å². The van der Waals surface area contributed by atoms with E-state index in [-0.39, 0.29) is 5.56 Å². The van der Waals surface area contributed by atoms with Crippen LogP contribution in [-0.2, 0) is 0 Å². The number of rotatable bonds is 4. The third kappa shape index (κ3) is 3.69. The Morgan fingerprint density at radius 3 is 2.10 bits per heavy atom. The van der Waals surface area contributed by atoms with Crippen LogP contribution in [0.25, 0.3) is 0 Å². The molecule has 0 unspecified atom stereocenters. The molecule has 0 N–H and O–H groups in total. The first-order valence-electron chi connectivity index (χ1n) is 7.36. The molecule has 1 aliphatic rings. The summed E-state index contributed by atoms with van der Waals surface area (Å²) in [5.74, 6) is -2.62. The summed E-state index contributed by atoms with van der Waals surface area (Å²) >= 11 is 0. The van der Waals surface area contributed by atoms with Gasteiger partial charge in [-0.1, -0.05) is 13.3 Å². The van der Waals surface area contributed by atoms with Crippen molar-refractivity contribution in [2.45, 2.75) is 52.1 Å². The number of benzene rings is 1. The van der Waals surface area contributed by atoms with Gasteiger partial charge in [-0.2, -0.15) is 8.78 Å². The predicted octanol–water partition coefficient (Wildman–Crippen LogP) is 5.46. The second kappa shape index (κ2) is 6.24. The fourth-order valence-electron chi connectivity index (χ4n) is 2.83. The minimum absolute atomic E-state index is 0.200. The lowest BCUT2D eigenvalue weighted by Gasteiger charge is -2.33. The molecule has 0 saturated heterocycles. The Labute approximate surface area is 122 Å². The van der Waals surface area contributed by atoms with Gasteiger partial charge in [-0.05, 0) is 38.5 Å². The maximum atomic E-state index is 14.1. The van der Waals surface area contributed by atoms with Crippen LogP contribution in [0.15, 0.2) is 12.1 Å². The molecule has 1 fully saturated rings. The Balaban J connectivity index is 2.07. The lowest BCUT2D eigenvalue weighted by Crippen LogP contribution is -2.37. The van der Waals surface area contributed by atoms with E-state index in [2.05, 4.69) is 11.7 Å². The maximum absolute atomic E-state index is 14.1. The molecule has 0 atom stereocenters. The van der Waals surface area contributed by atoms with E-state index in [9.17, 15) is 17.6 Å². The van der Waals surface area contributed by atoms with Crippen molar-refractivity contribution in [3.8, 4) is 5.75 Å². The summed E-state index contributed by atoms with van der Waals surface area (Å²) in [6.45, 7) is 3.30. The Morgan fingerprint density at radius 2 is 1.62 bits per heavy atom. The summed E-state index contributed by atoms with van der Waals surface area (Å²) in [6, 6.07) is 1.62. The lowest BCUT2D eigenvalue weighted by atomic mass is 9.80. The van der Waals surface area contributed by atoms with Gasteiger partial charge in [0.1, 0.15) is 17.4 Å². The molecule has 1 aromatic carbocycles. The largest absolute Gasteiger partial charge is 0.432 e. The van der Waals surface area contributed by atoms with E-state index in [1.54, 1.807) is 0 Å². The van der Waals surface area contributed by atoms with Crippen molar-refractivity contribution in [1.29, 1.82) is 0 Å². The SMILES string of the molecule is CCC1CCC(C(F)(F)Oc2cc(F)c(C)c(F)c2)CC1. The van der Waals surface area contributed by atoms with Crippen molar-refractivity contribution in [3.05, 3.63) is 29.3 Å². The van der Waals surface area contributed by atoms with E-state index < -0.39 is 29.4 Å². The van der Waals surface area contributed by atoms with Gasteiger partial charge in [0.25, 0.3) is 0 Å². The average molecular weight is 304 g/mol. The quantitative estimate of drug-likeness (QED) is 0.671. The van der Waals surface area contributed by atoms with E-state index >= 15 is 0 Å². The van der Waals surface area contributed by atoms with Gasteiger partial charge in [0.05, 0.1) is 5.92 Å². The van der Waals surface area contributed by atoms with Crippen LogP contribution in [-0.4, -0.2) is 6.11 Å². The van der Waals surface area contributed by atoms with Gasteiger partial charge in [-0.15, -0.1) is 0 Å². The van der Waals surface area contributed by atoms with Gasteiger partial charge in [-0.3, -0.25) is 0 Å². The molecule has 0 aliphatic heterocycles. The summed E-state index contributed by atoms with van der Waals surface area (Å²) in [6.07, 6.45) is -0.154. The zero-order valence-corrected chi connectivity index (χ0v) is 12.3. The molecule has 0 amide bonds. The molecule has 118 valence electrons. The lowest BCUT2D eigenvalue weighted by molar-refractivity contribution is -0.223. The van der Waals surface area contributed by atoms with E-state index in [1.165, 1.54) is 6.92 Å². The number of halogens is 4. The zero-order valence-electron chi connectivity index (χ0n) is 12.3. The van der Waals surface area contributed by atoms with Crippen LogP contribution in [0.4, 0.5) is 17.6 Å². The summed E-state index contributed by atoms with van der Waals surface area (Å²) in [5, 5.41) is 0. The minimum Gasteiger partial charge on any atom is -0.432 e. The molecule has 0 heterocycles. The summed E-state index contributed by atoms with van der Waals surface area (Å²) in [5.41, 5.74) is -0.200. The topological polar surface area (TPSA) is 9.23 Å². The standard InChI is InChI=1S/C16H20F4O/c1-3-11-4-6-12(7-5-11)16(19,20)21-13-8-14(17)10(2)15(18)9-13/h8-9,11-12H,3-7H2,1-2H3. The van der Waals surface area contributed by atoms with Gasteiger partial charge in [0.15, 0.2) is 0 Å². The highest BCUT2D eigenvalue weighted by Gasteiger charge is 2.43. The van der Waals surface area contributed by atoms with Crippen molar-refractivity contribution in [2.24, 2.45) is 11.8 Å². The number of ether oxygens (including phenoxy) is 1. The predicted molar refractivity (Wildman–Crippen MR) is 72.4 cm³/mol. The molecule has 21 heavy (non-hydrogen) atoms. The Hall–Kier alpha value is -1.26. The van der Waals surface area contributed by atoms with Crippen molar-refractivity contribution >= 4 is 0 Å². The maximum Gasteiger partial charge on any atom is 0.400 e. The zero-order chi connectivity index (χ0) is 15.6. The molecular weight excluding hydrogens is 284 g/mol. The molecule has 0 spiro atoms. The highest BCUT2D eigenvalue weighted by atomic mass is 19.3. The number of hydrogen-bond acceptors (Lipinski definition) is 1. The summed E-state index contributed by atoms with van der Waals surface area (Å²) in [7, 11) is 0. The van der Waals surface area contributed by atoms with Crippen molar-refractivity contribution in [2.75, 3.05) is 0 Å². The fourth-order valence-corrected chi connectivity index (χ4v) is 2.83. The van der Waals surface area contributed by atoms with Crippen molar-refractivity contribution < 1.29 is 22.3 Å². The van der Waals surface area contributed by atoms with Crippen LogP contribution < -0.4 is 4.74 Å². The molecule has 1 aromatic rings. The van der Waals surface area contributed by atoms with E-state index in [4.69, 9.17) is 0 Å². The summed E-state index contributed by atoms with van der Waals surface area (Å²) < 4.78 is 59.6. The summed E-state index contributed by atoms with van der Waals surface area (Å²) in [4.78, 5) is 0. The molecule has 1 nitrogen and oxygen atoms in total. The van der Waals surface area contributed by atoms with Crippen LogP contribution in [0.3, 0.4) is 0 Å². The first-order chi connectivity index (χ1) is 9.83. The normalized spacial score (nSPS) is 23.1. The van der Waals surface area contributed by atoms with Crippen LogP contribution in [0.2, 0.25) is 0 Å². The molecule has 0 radical (unpaired) electrons. The van der Waals surface area contributed by atoms with Crippen LogP contribution in [0.1, 0.15) is 44.6 Å². The van der Waals surface area contributed by atoms with Crippen molar-refractivity contribution in [1.82, 2.24) is 0 Å². The van der Waals surface area contributed by atoms with Crippen LogP contribution in [0.5, 0.6) is 5.75 Å². The average Bonchev–Trinajstić information content (AvgIpc) is 2.44. The van der Waals surface area contributed by atoms with Gasteiger partial charge >= 0.3 is 6.11 Å². The van der Waals surface area contributed by atoms with Gasteiger partial charge in [0.2, 0.25) is 0 Å². The van der Waals surface area contributed by atoms with Crippen LogP contribution >= 0.6 is 0 Å². The Bertz CT molecular complexity index is 470. The first kappa shape index (κ1) is 16.1. The minimum atomic E-state index is -3.40. The van der Waals surface area contributed by atoms with E-state index in [1.807, 2.05) is 0 Å². The van der Waals surface area contributed by atoms with Crippen molar-refractivity contribution in [3.63, 3.8) is 0 Å². The molecule has 0 bridgehead atoms. The van der Waals surface area contributed by atoms with E-state index in [0.717, 1.165) is 31.4 Å². The second-order valence-corrected chi connectivity index (χ2v) is 5.80. The van der Waals surface area contributed by atoms with Crippen LogP contribution in [0, 0.1) is 30.4 Å². The number of alkyl halides is 2. The smallest absolute Gasteiger partial charge is 0.400 e. The van der Waals surface area contributed by atoms with Gasteiger partial charge < -0.3 is 4.74 Å². The third-order valence-corrected chi connectivity index (χ3v) is 4.41. The fraction of sp³-hybridized carbons (Fsp3) is 0.625. The molecule has 5 heteroatoms.